The molecule has 0 spiro atoms. The van der Waals surface area contributed by atoms with Crippen LogP contribution in [0.3, 0.4) is 0 Å². The lowest BCUT2D eigenvalue weighted by Crippen LogP contribution is -2.29. The van der Waals surface area contributed by atoms with Crippen molar-refractivity contribution in [2.24, 2.45) is 11.7 Å². The molecule has 0 aliphatic heterocycles. The molecule has 0 saturated heterocycles. The summed E-state index contributed by atoms with van der Waals surface area (Å²) in [5.41, 5.74) is 9.64. The van der Waals surface area contributed by atoms with Gasteiger partial charge in [-0.15, -0.1) is 0 Å². The van der Waals surface area contributed by atoms with Gasteiger partial charge in [-0.05, 0) is 42.2 Å². The number of nitrogens with one attached hydrogen (secondary N) is 2. The SMILES string of the molecule is CC(C)C[C@H](N)COc1cncc(-c2ccc3[nH]nc(-c4nc(=O)c5ccncc5[nH]4)c3c2)c1. The van der Waals surface area contributed by atoms with Crippen molar-refractivity contribution in [3.63, 3.8) is 0 Å². The van der Waals surface area contributed by atoms with Crippen LogP contribution in [0.1, 0.15) is 20.3 Å². The quantitative estimate of drug-likeness (QED) is 0.341. The molecule has 172 valence electrons. The van der Waals surface area contributed by atoms with E-state index in [1.165, 1.54) is 0 Å². The Morgan fingerprint density at radius 1 is 1.00 bits per heavy atom. The number of hydrogen-bond acceptors (Lipinski definition) is 7. The van der Waals surface area contributed by atoms with E-state index < -0.39 is 0 Å². The van der Waals surface area contributed by atoms with E-state index in [-0.39, 0.29) is 11.6 Å². The molecule has 0 saturated carbocycles. The zero-order valence-electron chi connectivity index (χ0n) is 18.9. The minimum atomic E-state index is -0.330. The Labute approximate surface area is 195 Å². The average Bonchev–Trinajstić information content (AvgIpc) is 3.26. The third-order valence-electron chi connectivity index (χ3n) is 5.59. The number of fused-ring (bicyclic) bond motifs is 2. The van der Waals surface area contributed by atoms with Gasteiger partial charge in [0, 0.05) is 29.4 Å². The monoisotopic (exact) mass is 455 g/mol. The molecule has 0 amide bonds. The molecule has 0 unspecified atom stereocenters. The van der Waals surface area contributed by atoms with Gasteiger partial charge < -0.3 is 15.5 Å². The first-order valence-electron chi connectivity index (χ1n) is 11.1. The summed E-state index contributed by atoms with van der Waals surface area (Å²) in [6.07, 6.45) is 7.54. The lowest BCUT2D eigenvalue weighted by Gasteiger charge is -2.15. The number of aromatic amines is 2. The second-order valence-corrected chi connectivity index (χ2v) is 8.75. The van der Waals surface area contributed by atoms with Crippen LogP contribution in [-0.2, 0) is 0 Å². The second kappa shape index (κ2) is 9.03. The van der Waals surface area contributed by atoms with Crippen molar-refractivity contribution in [1.29, 1.82) is 0 Å². The summed E-state index contributed by atoms with van der Waals surface area (Å²) in [5.74, 6) is 1.56. The summed E-state index contributed by atoms with van der Waals surface area (Å²) >= 11 is 0. The Bertz CT molecular complexity index is 1520. The number of ether oxygens (including phenoxy) is 1. The largest absolute Gasteiger partial charge is 0.490 e. The maximum absolute atomic E-state index is 12.5. The molecule has 0 radical (unpaired) electrons. The number of hydrogen-bond donors (Lipinski definition) is 3. The molecule has 4 aromatic heterocycles. The molecular weight excluding hydrogens is 430 g/mol. The van der Waals surface area contributed by atoms with Crippen molar-refractivity contribution in [3.05, 3.63) is 65.5 Å². The number of rotatable bonds is 7. The van der Waals surface area contributed by atoms with Crippen molar-refractivity contribution in [3.8, 4) is 28.4 Å². The van der Waals surface area contributed by atoms with E-state index in [1.807, 2.05) is 24.3 Å². The van der Waals surface area contributed by atoms with Crippen LogP contribution in [0.5, 0.6) is 5.75 Å². The van der Waals surface area contributed by atoms with Gasteiger partial charge in [0.1, 0.15) is 18.1 Å². The first-order chi connectivity index (χ1) is 16.5. The molecule has 1 aromatic carbocycles. The van der Waals surface area contributed by atoms with Crippen LogP contribution in [0, 0.1) is 5.92 Å². The van der Waals surface area contributed by atoms with E-state index in [0.717, 1.165) is 28.5 Å². The number of H-pyrrole nitrogens is 2. The summed E-state index contributed by atoms with van der Waals surface area (Å²) in [6.45, 7) is 4.72. The molecule has 0 aliphatic rings. The maximum atomic E-state index is 12.5. The molecule has 5 rings (SSSR count). The van der Waals surface area contributed by atoms with Gasteiger partial charge in [0.2, 0.25) is 0 Å². The van der Waals surface area contributed by atoms with E-state index in [4.69, 9.17) is 10.5 Å². The number of pyridine rings is 2. The van der Waals surface area contributed by atoms with E-state index in [1.54, 1.807) is 30.9 Å². The predicted molar refractivity (Wildman–Crippen MR) is 131 cm³/mol. The topological polar surface area (TPSA) is 135 Å². The fraction of sp³-hybridized carbons (Fsp3) is 0.240. The van der Waals surface area contributed by atoms with Crippen molar-refractivity contribution < 1.29 is 4.74 Å². The van der Waals surface area contributed by atoms with Crippen LogP contribution < -0.4 is 16.0 Å². The molecule has 4 N–H and O–H groups in total. The Kier molecular flexibility index (Phi) is 5.77. The number of nitrogens with two attached hydrogens (primary N) is 1. The van der Waals surface area contributed by atoms with Gasteiger partial charge in [0.25, 0.3) is 5.56 Å². The van der Waals surface area contributed by atoms with Crippen molar-refractivity contribution >= 4 is 21.8 Å². The zero-order chi connectivity index (χ0) is 23.7. The fourth-order valence-electron chi connectivity index (χ4n) is 4.02. The third-order valence-corrected chi connectivity index (χ3v) is 5.59. The molecule has 34 heavy (non-hydrogen) atoms. The molecule has 0 bridgehead atoms. The summed E-state index contributed by atoms with van der Waals surface area (Å²) < 4.78 is 5.89. The Morgan fingerprint density at radius 3 is 2.74 bits per heavy atom. The van der Waals surface area contributed by atoms with Crippen LogP contribution >= 0.6 is 0 Å². The van der Waals surface area contributed by atoms with Crippen molar-refractivity contribution in [1.82, 2.24) is 30.1 Å². The molecule has 9 nitrogen and oxygen atoms in total. The molecule has 0 fully saturated rings. The van der Waals surface area contributed by atoms with Crippen LogP contribution in [-0.4, -0.2) is 42.8 Å². The highest BCUT2D eigenvalue weighted by molar-refractivity contribution is 5.95. The Hall–Kier alpha value is -4.11. The second-order valence-electron chi connectivity index (χ2n) is 8.75. The number of nitrogens with zero attached hydrogens (tertiary/aromatic N) is 4. The molecule has 0 aliphatic carbocycles. The van der Waals surface area contributed by atoms with Gasteiger partial charge in [-0.25, -0.2) is 0 Å². The van der Waals surface area contributed by atoms with Crippen LogP contribution in [0.15, 0.2) is 59.9 Å². The van der Waals surface area contributed by atoms with Crippen LogP contribution in [0.2, 0.25) is 0 Å². The van der Waals surface area contributed by atoms with Gasteiger partial charge in [-0.3, -0.25) is 19.9 Å². The van der Waals surface area contributed by atoms with Crippen molar-refractivity contribution in [2.75, 3.05) is 6.61 Å². The van der Waals surface area contributed by atoms with Crippen LogP contribution in [0.4, 0.5) is 0 Å². The lowest BCUT2D eigenvalue weighted by atomic mass is 10.0. The minimum Gasteiger partial charge on any atom is -0.490 e. The summed E-state index contributed by atoms with van der Waals surface area (Å²) in [6, 6.07) is 9.47. The Balaban J connectivity index is 1.48. The number of benzene rings is 1. The average molecular weight is 456 g/mol. The highest BCUT2D eigenvalue weighted by atomic mass is 16.5. The fourth-order valence-corrected chi connectivity index (χ4v) is 4.02. The number of aromatic nitrogens is 6. The predicted octanol–water partition coefficient (Wildman–Crippen LogP) is 3.68. The normalized spacial score (nSPS) is 12.5. The molecular formula is C25H25N7O2. The van der Waals surface area contributed by atoms with Crippen LogP contribution in [0.25, 0.3) is 44.5 Å². The smallest absolute Gasteiger partial charge is 0.281 e. The van der Waals surface area contributed by atoms with Gasteiger partial charge in [-0.2, -0.15) is 10.1 Å². The summed E-state index contributed by atoms with van der Waals surface area (Å²) in [7, 11) is 0. The maximum Gasteiger partial charge on any atom is 0.281 e. The van der Waals surface area contributed by atoms with Gasteiger partial charge in [-0.1, -0.05) is 19.9 Å². The highest BCUT2D eigenvalue weighted by Crippen LogP contribution is 2.30. The highest BCUT2D eigenvalue weighted by Gasteiger charge is 2.14. The first kappa shape index (κ1) is 21.7. The Morgan fingerprint density at radius 2 is 1.88 bits per heavy atom. The van der Waals surface area contributed by atoms with E-state index in [2.05, 4.69) is 44.0 Å². The van der Waals surface area contributed by atoms with E-state index in [9.17, 15) is 4.79 Å². The molecule has 4 heterocycles. The third kappa shape index (κ3) is 4.38. The van der Waals surface area contributed by atoms with Gasteiger partial charge >= 0.3 is 0 Å². The van der Waals surface area contributed by atoms with Crippen molar-refractivity contribution in [2.45, 2.75) is 26.3 Å². The molecule has 9 heteroatoms. The summed E-state index contributed by atoms with van der Waals surface area (Å²) in [5, 5.41) is 8.73. The molecule has 1 atom stereocenters. The van der Waals surface area contributed by atoms with E-state index in [0.29, 0.717) is 40.7 Å². The zero-order valence-corrected chi connectivity index (χ0v) is 18.9. The minimum absolute atomic E-state index is 0.0275. The molecule has 5 aromatic rings. The first-order valence-corrected chi connectivity index (χ1v) is 11.1. The van der Waals surface area contributed by atoms with Gasteiger partial charge in [0.05, 0.1) is 28.8 Å². The standard InChI is InChI=1S/C25H25N7O2/c1-14(2)7-17(26)13-34-18-8-16(10-28-11-18)15-3-4-21-20(9-15)23(32-31-21)24-29-22-12-27-6-5-19(22)25(33)30-24/h3-6,8-12,14,17H,7,13,26H2,1-2H3,(H,31,32)(H,29,30,33)/t17-/m0/s1. The van der Waals surface area contributed by atoms with Gasteiger partial charge in [0.15, 0.2) is 5.82 Å². The van der Waals surface area contributed by atoms with E-state index >= 15 is 0 Å². The summed E-state index contributed by atoms with van der Waals surface area (Å²) in [4.78, 5) is 28.3. The lowest BCUT2D eigenvalue weighted by molar-refractivity contribution is 0.270.